The lowest BCUT2D eigenvalue weighted by Gasteiger charge is -2.20. The minimum Gasteiger partial charge on any atom is -0.480 e. The first-order valence-electron chi connectivity index (χ1n) is 7.74. The van der Waals surface area contributed by atoms with Gasteiger partial charge in [0.05, 0.1) is 25.6 Å². The number of carbonyl (C=O) groups is 5. The minimum absolute atomic E-state index is 0.146. The Morgan fingerprint density at radius 3 is 2.00 bits per heavy atom. The first kappa shape index (κ1) is 23.3. The summed E-state index contributed by atoms with van der Waals surface area (Å²) >= 11 is 0. The quantitative estimate of drug-likeness (QED) is 0.188. The maximum Gasteiger partial charge on any atom is 0.326 e. The van der Waals surface area contributed by atoms with Crippen LogP contribution < -0.4 is 27.4 Å². The molecule has 0 aliphatic rings. The third-order valence-corrected chi connectivity index (χ3v) is 3.30. The zero-order valence-corrected chi connectivity index (χ0v) is 14.5. The van der Waals surface area contributed by atoms with Crippen LogP contribution in [-0.4, -0.2) is 71.1 Å². The molecule has 0 fully saturated rings. The molecule has 12 nitrogen and oxygen atoms in total. The molecule has 0 aliphatic heterocycles. The molecule has 0 spiro atoms. The molecule has 0 saturated heterocycles. The van der Waals surface area contributed by atoms with E-state index in [0.717, 1.165) is 0 Å². The molecule has 0 bridgehead atoms. The number of primary amides is 1. The molecule has 148 valence electrons. The van der Waals surface area contributed by atoms with Crippen LogP contribution >= 0.6 is 0 Å². The highest BCUT2D eigenvalue weighted by atomic mass is 16.4. The van der Waals surface area contributed by atoms with Gasteiger partial charge in [0.15, 0.2) is 0 Å². The summed E-state index contributed by atoms with van der Waals surface area (Å²) in [5.41, 5.74) is 10.5. The Morgan fingerprint density at radius 1 is 1.00 bits per heavy atom. The molecule has 26 heavy (non-hydrogen) atoms. The average Bonchev–Trinajstić information content (AvgIpc) is 2.55. The molecule has 0 aliphatic carbocycles. The van der Waals surface area contributed by atoms with E-state index in [4.69, 9.17) is 16.6 Å². The number of amides is 4. The van der Waals surface area contributed by atoms with E-state index in [0.29, 0.717) is 0 Å². The van der Waals surface area contributed by atoms with Crippen molar-refractivity contribution >= 4 is 29.6 Å². The van der Waals surface area contributed by atoms with E-state index in [1.165, 1.54) is 0 Å². The first-order chi connectivity index (χ1) is 12.0. The fraction of sp³-hybridized carbons (Fsp3) is 0.643. The monoisotopic (exact) mass is 375 g/mol. The van der Waals surface area contributed by atoms with Crippen molar-refractivity contribution in [2.24, 2.45) is 17.4 Å². The van der Waals surface area contributed by atoms with E-state index >= 15 is 0 Å². The Kier molecular flexibility index (Phi) is 9.84. The predicted octanol–water partition coefficient (Wildman–Crippen LogP) is -3.99. The predicted molar refractivity (Wildman–Crippen MR) is 88.2 cm³/mol. The highest BCUT2D eigenvalue weighted by molar-refractivity contribution is 5.93. The Bertz CT molecular complexity index is 552. The third-order valence-electron chi connectivity index (χ3n) is 3.30. The maximum atomic E-state index is 11.9. The number of carboxylic acid groups (broad SMARTS) is 1. The number of hydrogen-bond acceptors (Lipinski definition) is 7. The van der Waals surface area contributed by atoms with Gasteiger partial charge in [0.2, 0.25) is 23.6 Å². The number of carboxylic acids is 1. The highest BCUT2D eigenvalue weighted by Gasteiger charge is 2.27. The molecule has 4 amide bonds. The lowest BCUT2D eigenvalue weighted by molar-refractivity contribution is -0.144. The van der Waals surface area contributed by atoms with Crippen LogP contribution in [0.1, 0.15) is 20.3 Å². The molecule has 0 rings (SSSR count). The zero-order chi connectivity index (χ0) is 20.4. The van der Waals surface area contributed by atoms with E-state index in [1.807, 2.05) is 5.32 Å². The molecule has 3 unspecified atom stereocenters. The van der Waals surface area contributed by atoms with Gasteiger partial charge < -0.3 is 37.6 Å². The molecule has 0 radical (unpaired) electrons. The molecule has 12 heteroatoms. The standard InChI is InChI=1S/C14H25N5O7/c1-6(2)11(16)13(24)17-4-10(22)18-8(5-20)12(23)19-7(14(25)26)3-9(15)21/h6-8,11,20H,3-5,16H2,1-2H3,(H2,15,21)(H,17,24)(H,18,22)(H,19,23)(H,25,26). The smallest absolute Gasteiger partial charge is 0.326 e. The molecular formula is C14H25N5O7. The number of hydrogen-bond donors (Lipinski definition) is 7. The molecule has 9 N–H and O–H groups in total. The normalized spacial score (nSPS) is 14.0. The van der Waals surface area contributed by atoms with Gasteiger partial charge >= 0.3 is 5.97 Å². The van der Waals surface area contributed by atoms with Crippen molar-refractivity contribution in [2.75, 3.05) is 13.2 Å². The van der Waals surface area contributed by atoms with Gasteiger partial charge in [-0.05, 0) is 5.92 Å². The number of nitrogens with two attached hydrogens (primary N) is 2. The zero-order valence-electron chi connectivity index (χ0n) is 14.5. The van der Waals surface area contributed by atoms with Crippen LogP contribution in [-0.2, 0) is 24.0 Å². The first-order valence-corrected chi connectivity index (χ1v) is 7.74. The minimum atomic E-state index is -1.60. The maximum absolute atomic E-state index is 11.9. The Morgan fingerprint density at radius 2 is 1.58 bits per heavy atom. The summed E-state index contributed by atoms with van der Waals surface area (Å²) in [5, 5.41) is 24.5. The van der Waals surface area contributed by atoms with Gasteiger partial charge in [0, 0.05) is 0 Å². The van der Waals surface area contributed by atoms with Crippen LogP contribution in [0.3, 0.4) is 0 Å². The molecule has 0 aromatic heterocycles. The van der Waals surface area contributed by atoms with Crippen LogP contribution in [0.4, 0.5) is 0 Å². The van der Waals surface area contributed by atoms with Crippen LogP contribution in [0.5, 0.6) is 0 Å². The third kappa shape index (κ3) is 8.39. The lowest BCUT2D eigenvalue weighted by Crippen LogP contribution is -2.55. The summed E-state index contributed by atoms with van der Waals surface area (Å²) in [6.07, 6.45) is -0.656. The highest BCUT2D eigenvalue weighted by Crippen LogP contribution is 1.97. The van der Waals surface area contributed by atoms with Gasteiger partial charge in [-0.3, -0.25) is 19.2 Å². The second-order valence-corrected chi connectivity index (χ2v) is 5.86. The van der Waals surface area contributed by atoms with Crippen molar-refractivity contribution in [2.45, 2.75) is 38.4 Å². The van der Waals surface area contributed by atoms with Crippen molar-refractivity contribution in [1.29, 1.82) is 0 Å². The van der Waals surface area contributed by atoms with E-state index in [-0.39, 0.29) is 5.92 Å². The topological polar surface area (TPSA) is 214 Å². The van der Waals surface area contributed by atoms with Crippen molar-refractivity contribution in [1.82, 2.24) is 16.0 Å². The molecular weight excluding hydrogens is 350 g/mol. The summed E-state index contributed by atoms with van der Waals surface area (Å²) in [5.74, 6) is -4.99. The van der Waals surface area contributed by atoms with Crippen LogP contribution in [0, 0.1) is 5.92 Å². The lowest BCUT2D eigenvalue weighted by atomic mass is 10.1. The number of aliphatic hydroxyl groups excluding tert-OH is 1. The number of aliphatic hydroxyl groups is 1. The SMILES string of the molecule is CC(C)C(N)C(=O)NCC(=O)NC(CO)C(=O)NC(CC(N)=O)C(=O)O. The molecule has 3 atom stereocenters. The molecule has 0 saturated carbocycles. The number of rotatable bonds is 11. The molecule has 0 heterocycles. The number of nitrogens with one attached hydrogen (secondary N) is 3. The number of carbonyl (C=O) groups excluding carboxylic acids is 4. The van der Waals surface area contributed by atoms with Crippen LogP contribution in [0.2, 0.25) is 0 Å². The van der Waals surface area contributed by atoms with Gasteiger partial charge in [0.1, 0.15) is 12.1 Å². The summed E-state index contributed by atoms with van der Waals surface area (Å²) in [6.45, 7) is 2.12. The number of aliphatic carboxylic acids is 1. The van der Waals surface area contributed by atoms with E-state index in [9.17, 15) is 29.1 Å². The fourth-order valence-corrected chi connectivity index (χ4v) is 1.70. The second kappa shape index (κ2) is 11.0. The summed E-state index contributed by atoms with van der Waals surface area (Å²) in [7, 11) is 0. The molecule has 0 aromatic rings. The largest absolute Gasteiger partial charge is 0.480 e. The van der Waals surface area contributed by atoms with Gasteiger partial charge in [-0.2, -0.15) is 0 Å². The van der Waals surface area contributed by atoms with E-state index < -0.39 is 67.3 Å². The Labute approximate surface area is 149 Å². The van der Waals surface area contributed by atoms with E-state index in [2.05, 4.69) is 10.6 Å². The van der Waals surface area contributed by atoms with Gasteiger partial charge in [-0.1, -0.05) is 13.8 Å². The fourth-order valence-electron chi connectivity index (χ4n) is 1.70. The summed E-state index contributed by atoms with van der Waals surface area (Å²) in [6, 6.07) is -3.90. The Balaban J connectivity index is 4.65. The summed E-state index contributed by atoms with van der Waals surface area (Å²) < 4.78 is 0. The van der Waals surface area contributed by atoms with Crippen molar-refractivity contribution in [3.8, 4) is 0 Å². The summed E-state index contributed by atoms with van der Waals surface area (Å²) in [4.78, 5) is 57.1. The van der Waals surface area contributed by atoms with Crippen molar-refractivity contribution < 1.29 is 34.2 Å². The van der Waals surface area contributed by atoms with Crippen LogP contribution in [0.15, 0.2) is 0 Å². The second-order valence-electron chi connectivity index (χ2n) is 5.86. The average molecular weight is 375 g/mol. The van der Waals surface area contributed by atoms with Gasteiger partial charge in [-0.25, -0.2) is 4.79 Å². The van der Waals surface area contributed by atoms with Gasteiger partial charge in [0.25, 0.3) is 0 Å². The van der Waals surface area contributed by atoms with Gasteiger partial charge in [-0.15, -0.1) is 0 Å². The Hall–Kier alpha value is -2.73. The van der Waals surface area contributed by atoms with Crippen molar-refractivity contribution in [3.05, 3.63) is 0 Å². The van der Waals surface area contributed by atoms with Crippen LogP contribution in [0.25, 0.3) is 0 Å². The van der Waals surface area contributed by atoms with Crippen molar-refractivity contribution in [3.63, 3.8) is 0 Å². The molecule has 0 aromatic carbocycles. The van der Waals surface area contributed by atoms with E-state index in [1.54, 1.807) is 13.8 Å².